The number of nitrogens with zero attached hydrogens (tertiary/aromatic N) is 1. The quantitative estimate of drug-likeness (QED) is 0.830. The van der Waals surface area contributed by atoms with Crippen LogP contribution in [0.2, 0.25) is 0 Å². The van der Waals surface area contributed by atoms with Crippen LogP contribution in [0, 0.1) is 0 Å². The van der Waals surface area contributed by atoms with Crippen molar-refractivity contribution >= 4 is 38.6 Å². The van der Waals surface area contributed by atoms with Crippen molar-refractivity contribution in [2.24, 2.45) is 0 Å². The minimum Gasteiger partial charge on any atom is -0.497 e. The smallest absolute Gasteiger partial charge is 0.306 e. The maximum absolute atomic E-state index is 11.7. The number of rotatable bonds is 6. The Morgan fingerprint density at radius 2 is 2.14 bits per heavy atom. The largest absolute Gasteiger partial charge is 0.497 e. The maximum Gasteiger partial charge on any atom is 0.306 e. The molecule has 1 amide bonds. The molecule has 1 N–H and O–H groups in total. The number of benzene rings is 1. The summed E-state index contributed by atoms with van der Waals surface area (Å²) in [5.74, 6) is 0.113. The summed E-state index contributed by atoms with van der Waals surface area (Å²) in [6.07, 6.45) is 0.149. The number of thiazole rings is 1. The fourth-order valence-corrected chi connectivity index (χ4v) is 2.63. The standard InChI is InChI=1S/C14H16N2O4S/c1-3-20-13(18)7-6-12(17)16-14-15-10-5-4-9(19-2)8-11(10)21-14/h4-5,8H,3,6-7H2,1-2H3,(H,15,16,17). The van der Waals surface area contributed by atoms with Gasteiger partial charge in [-0.2, -0.15) is 0 Å². The Morgan fingerprint density at radius 3 is 2.86 bits per heavy atom. The SMILES string of the molecule is CCOC(=O)CCC(=O)Nc1nc2ccc(OC)cc2s1. The summed E-state index contributed by atoms with van der Waals surface area (Å²) in [6.45, 7) is 2.05. The summed E-state index contributed by atoms with van der Waals surface area (Å²) < 4.78 is 10.8. The molecule has 0 radical (unpaired) electrons. The number of anilines is 1. The molecule has 1 heterocycles. The monoisotopic (exact) mass is 308 g/mol. The molecule has 1 aromatic carbocycles. The summed E-state index contributed by atoms with van der Waals surface area (Å²) in [5.41, 5.74) is 0.793. The molecular formula is C14H16N2O4S. The van der Waals surface area contributed by atoms with Crippen LogP contribution >= 0.6 is 11.3 Å². The number of aromatic nitrogens is 1. The van der Waals surface area contributed by atoms with Crippen LogP contribution in [0.25, 0.3) is 10.2 Å². The van der Waals surface area contributed by atoms with E-state index in [1.807, 2.05) is 18.2 Å². The Kier molecular flexibility index (Phi) is 5.10. The summed E-state index contributed by atoms with van der Waals surface area (Å²) in [5, 5.41) is 3.19. The van der Waals surface area contributed by atoms with Gasteiger partial charge < -0.3 is 14.8 Å². The van der Waals surface area contributed by atoms with Gasteiger partial charge in [-0.15, -0.1) is 0 Å². The third kappa shape index (κ3) is 4.16. The number of methoxy groups -OCH3 is 1. The normalized spacial score (nSPS) is 10.4. The topological polar surface area (TPSA) is 77.5 Å². The van der Waals surface area contributed by atoms with Crippen LogP contribution in [-0.2, 0) is 14.3 Å². The molecule has 21 heavy (non-hydrogen) atoms. The molecule has 0 spiro atoms. The number of carbonyl (C=O) groups is 2. The van der Waals surface area contributed by atoms with E-state index in [1.54, 1.807) is 14.0 Å². The van der Waals surface area contributed by atoms with E-state index >= 15 is 0 Å². The van der Waals surface area contributed by atoms with Crippen molar-refractivity contribution in [3.8, 4) is 5.75 Å². The lowest BCUT2D eigenvalue weighted by Crippen LogP contribution is -2.14. The number of amides is 1. The van der Waals surface area contributed by atoms with Crippen molar-refractivity contribution in [3.05, 3.63) is 18.2 Å². The Morgan fingerprint density at radius 1 is 1.33 bits per heavy atom. The highest BCUT2D eigenvalue weighted by Crippen LogP contribution is 2.29. The first-order valence-electron chi connectivity index (χ1n) is 6.52. The van der Waals surface area contributed by atoms with Gasteiger partial charge in [0.2, 0.25) is 5.91 Å². The van der Waals surface area contributed by atoms with Gasteiger partial charge in [0.15, 0.2) is 5.13 Å². The van der Waals surface area contributed by atoms with Crippen LogP contribution in [-0.4, -0.2) is 30.6 Å². The summed E-state index contributed by atoms with van der Waals surface area (Å²) >= 11 is 1.36. The highest BCUT2D eigenvalue weighted by Gasteiger charge is 2.11. The number of carbonyl (C=O) groups excluding carboxylic acids is 2. The lowest BCUT2D eigenvalue weighted by molar-refractivity contribution is -0.144. The zero-order valence-electron chi connectivity index (χ0n) is 11.8. The van der Waals surface area contributed by atoms with Gasteiger partial charge in [0, 0.05) is 6.42 Å². The second-order valence-electron chi connectivity index (χ2n) is 4.21. The average Bonchev–Trinajstić information content (AvgIpc) is 2.86. The van der Waals surface area contributed by atoms with Crippen molar-refractivity contribution in [2.45, 2.75) is 19.8 Å². The molecule has 0 bridgehead atoms. The van der Waals surface area contributed by atoms with Gasteiger partial charge in [-0.3, -0.25) is 9.59 Å². The van der Waals surface area contributed by atoms with Crippen LogP contribution in [0.5, 0.6) is 5.75 Å². The predicted octanol–water partition coefficient (Wildman–Crippen LogP) is 2.59. The molecule has 0 aliphatic heterocycles. The van der Waals surface area contributed by atoms with Gasteiger partial charge >= 0.3 is 5.97 Å². The number of ether oxygens (including phenoxy) is 2. The lowest BCUT2D eigenvalue weighted by Gasteiger charge is -2.01. The third-order valence-electron chi connectivity index (χ3n) is 2.70. The van der Waals surface area contributed by atoms with Gasteiger partial charge in [-0.1, -0.05) is 11.3 Å². The number of hydrogen-bond acceptors (Lipinski definition) is 6. The fraction of sp³-hybridized carbons (Fsp3) is 0.357. The first kappa shape index (κ1) is 15.2. The predicted molar refractivity (Wildman–Crippen MR) is 80.7 cm³/mol. The van der Waals surface area contributed by atoms with E-state index < -0.39 is 0 Å². The Labute approximate surface area is 126 Å². The first-order valence-corrected chi connectivity index (χ1v) is 7.34. The van der Waals surface area contributed by atoms with Gasteiger partial charge in [0.1, 0.15) is 5.75 Å². The summed E-state index contributed by atoms with van der Waals surface area (Å²) in [4.78, 5) is 27.2. The van der Waals surface area contributed by atoms with Crippen molar-refractivity contribution < 1.29 is 19.1 Å². The number of fused-ring (bicyclic) bond motifs is 1. The Bertz CT molecular complexity index is 653. The molecule has 6 nitrogen and oxygen atoms in total. The van der Waals surface area contributed by atoms with E-state index in [9.17, 15) is 9.59 Å². The van der Waals surface area contributed by atoms with Gasteiger partial charge in [-0.25, -0.2) is 4.98 Å². The summed E-state index contributed by atoms with van der Waals surface area (Å²) in [7, 11) is 1.60. The molecule has 0 atom stereocenters. The van der Waals surface area contributed by atoms with Crippen molar-refractivity contribution in [1.82, 2.24) is 4.98 Å². The van der Waals surface area contributed by atoms with Crippen molar-refractivity contribution in [1.29, 1.82) is 0 Å². The highest BCUT2D eigenvalue weighted by atomic mass is 32.1. The maximum atomic E-state index is 11.7. The fourth-order valence-electron chi connectivity index (χ4n) is 1.72. The molecule has 0 unspecified atom stereocenters. The minimum atomic E-state index is -0.373. The van der Waals surface area contributed by atoms with Crippen LogP contribution in [0.3, 0.4) is 0 Å². The molecule has 7 heteroatoms. The molecular weight excluding hydrogens is 292 g/mol. The molecule has 0 saturated carbocycles. The van der Waals surface area contributed by atoms with E-state index in [0.717, 1.165) is 16.0 Å². The number of esters is 1. The van der Waals surface area contributed by atoms with Crippen LogP contribution in [0.1, 0.15) is 19.8 Å². The van der Waals surface area contributed by atoms with Gasteiger partial charge in [0.25, 0.3) is 0 Å². The minimum absolute atomic E-state index is 0.0678. The van der Waals surface area contributed by atoms with Crippen LogP contribution < -0.4 is 10.1 Å². The number of nitrogens with one attached hydrogen (secondary N) is 1. The molecule has 0 fully saturated rings. The zero-order chi connectivity index (χ0) is 15.2. The molecule has 1 aromatic heterocycles. The molecule has 0 aliphatic rings. The number of hydrogen-bond donors (Lipinski definition) is 1. The van der Waals surface area contributed by atoms with Crippen LogP contribution in [0.15, 0.2) is 18.2 Å². The Balaban J connectivity index is 1.96. The van der Waals surface area contributed by atoms with Crippen molar-refractivity contribution in [3.63, 3.8) is 0 Å². The first-order chi connectivity index (χ1) is 10.1. The zero-order valence-corrected chi connectivity index (χ0v) is 12.7. The Hall–Kier alpha value is -2.15. The molecule has 2 aromatic rings. The molecule has 0 aliphatic carbocycles. The van der Waals surface area contributed by atoms with E-state index in [2.05, 4.69) is 10.3 Å². The lowest BCUT2D eigenvalue weighted by atomic mass is 10.3. The molecule has 0 saturated heterocycles. The second-order valence-corrected chi connectivity index (χ2v) is 5.24. The highest BCUT2D eigenvalue weighted by molar-refractivity contribution is 7.22. The van der Waals surface area contributed by atoms with Crippen molar-refractivity contribution in [2.75, 3.05) is 19.0 Å². The summed E-state index contributed by atoms with van der Waals surface area (Å²) in [6, 6.07) is 5.51. The van der Waals surface area contributed by atoms with Crippen LogP contribution in [0.4, 0.5) is 5.13 Å². The molecule has 2 rings (SSSR count). The molecule has 112 valence electrons. The van der Waals surface area contributed by atoms with Gasteiger partial charge in [0.05, 0.1) is 30.4 Å². The van der Waals surface area contributed by atoms with E-state index in [4.69, 9.17) is 9.47 Å². The third-order valence-corrected chi connectivity index (χ3v) is 3.64. The average molecular weight is 308 g/mol. The van der Waals surface area contributed by atoms with Gasteiger partial charge in [-0.05, 0) is 25.1 Å². The van der Waals surface area contributed by atoms with E-state index in [1.165, 1.54) is 11.3 Å². The van der Waals surface area contributed by atoms with E-state index in [-0.39, 0.29) is 24.7 Å². The second kappa shape index (κ2) is 7.03. The van der Waals surface area contributed by atoms with E-state index in [0.29, 0.717) is 11.7 Å².